The normalized spacial score (nSPS) is 13.8. The second-order valence-electron chi connectivity index (χ2n) is 7.96. The van der Waals surface area contributed by atoms with Crippen LogP contribution in [-0.4, -0.2) is 26.9 Å². The third-order valence-corrected chi connectivity index (χ3v) is 4.71. The highest BCUT2D eigenvalue weighted by molar-refractivity contribution is 6.31. The van der Waals surface area contributed by atoms with E-state index in [1.54, 1.807) is 12.1 Å². The largest absolute Gasteiger partial charge is 0.346 e. The number of nitrogens with zero attached hydrogens (tertiary/aromatic N) is 2. The van der Waals surface area contributed by atoms with Gasteiger partial charge in [0.15, 0.2) is 5.82 Å². The minimum atomic E-state index is -0.372. The maximum atomic E-state index is 12.9. The Morgan fingerprint density at radius 1 is 1.19 bits per heavy atom. The number of halogens is 1. The van der Waals surface area contributed by atoms with Crippen molar-refractivity contribution in [2.24, 2.45) is 0 Å². The predicted molar refractivity (Wildman–Crippen MR) is 107 cm³/mol. The van der Waals surface area contributed by atoms with E-state index in [-0.39, 0.29) is 23.2 Å². The zero-order valence-electron chi connectivity index (χ0n) is 16.1. The van der Waals surface area contributed by atoms with Gasteiger partial charge in [-0.05, 0) is 64.7 Å². The molecule has 0 bridgehead atoms. The Bertz CT molecular complexity index is 896. The van der Waals surface area contributed by atoms with Gasteiger partial charge in [-0.2, -0.15) is 0 Å². The summed E-state index contributed by atoms with van der Waals surface area (Å²) in [5.41, 5.74) is 2.35. The summed E-state index contributed by atoms with van der Waals surface area (Å²) in [6.07, 6.45) is 2.68. The molecule has 2 aromatic rings. The lowest BCUT2D eigenvalue weighted by molar-refractivity contribution is 0.0913. The van der Waals surface area contributed by atoms with Gasteiger partial charge in [0, 0.05) is 22.8 Å². The molecule has 0 spiro atoms. The fourth-order valence-corrected chi connectivity index (χ4v) is 3.38. The van der Waals surface area contributed by atoms with E-state index in [1.807, 2.05) is 38.3 Å². The number of aromatic nitrogens is 2. The molecule has 0 unspecified atom stereocenters. The first-order valence-electron chi connectivity index (χ1n) is 9.15. The highest BCUT2D eigenvalue weighted by atomic mass is 35.5. The lowest BCUT2D eigenvalue weighted by atomic mass is 10.1. The smallest absolute Gasteiger partial charge is 0.291 e. The summed E-state index contributed by atoms with van der Waals surface area (Å²) in [4.78, 5) is 30.0. The molecule has 144 valence electrons. The van der Waals surface area contributed by atoms with Crippen molar-refractivity contribution in [1.82, 2.24) is 14.9 Å². The van der Waals surface area contributed by atoms with Crippen molar-refractivity contribution in [2.45, 2.75) is 59.0 Å². The molecule has 1 aliphatic heterocycles. The number of fused-ring (bicyclic) bond motifs is 1. The summed E-state index contributed by atoms with van der Waals surface area (Å²) in [6, 6.07) is 5.34. The topological polar surface area (TPSA) is 76.0 Å². The molecule has 2 amide bonds. The number of hydrogen-bond acceptors (Lipinski definition) is 3. The SMILES string of the molecule is Cc1ccc(Cl)cc1NC(=O)c1nc(C(=O)NC(C)(C)C)c2n1CCCC2. The molecule has 0 aliphatic carbocycles. The number of hydrogen-bond donors (Lipinski definition) is 2. The molecule has 1 aliphatic rings. The van der Waals surface area contributed by atoms with Crippen LogP contribution in [0.4, 0.5) is 5.69 Å². The van der Waals surface area contributed by atoms with Crippen molar-refractivity contribution in [3.63, 3.8) is 0 Å². The third kappa shape index (κ3) is 4.33. The van der Waals surface area contributed by atoms with Crippen LogP contribution in [0, 0.1) is 6.92 Å². The Labute approximate surface area is 164 Å². The molecule has 7 heteroatoms. The number of rotatable bonds is 3. The molecule has 0 fully saturated rings. The van der Waals surface area contributed by atoms with E-state index in [1.165, 1.54) is 0 Å². The van der Waals surface area contributed by atoms with Crippen molar-refractivity contribution in [2.75, 3.05) is 5.32 Å². The molecule has 6 nitrogen and oxygen atoms in total. The summed E-state index contributed by atoms with van der Waals surface area (Å²) < 4.78 is 1.87. The summed E-state index contributed by atoms with van der Waals surface area (Å²) in [5.74, 6) is -0.312. The van der Waals surface area contributed by atoms with Crippen LogP contribution in [0.2, 0.25) is 5.02 Å². The number of carbonyl (C=O) groups is 2. The van der Waals surface area contributed by atoms with Crippen LogP contribution in [-0.2, 0) is 13.0 Å². The average molecular weight is 389 g/mol. The van der Waals surface area contributed by atoms with Crippen molar-refractivity contribution >= 4 is 29.1 Å². The minimum Gasteiger partial charge on any atom is -0.346 e. The quantitative estimate of drug-likeness (QED) is 0.835. The number of benzene rings is 1. The van der Waals surface area contributed by atoms with Gasteiger partial charge in [0.05, 0.1) is 5.69 Å². The fraction of sp³-hybridized carbons (Fsp3) is 0.450. The van der Waals surface area contributed by atoms with Crippen LogP contribution >= 0.6 is 11.6 Å². The number of anilines is 1. The summed E-state index contributed by atoms with van der Waals surface area (Å²) in [5, 5.41) is 6.37. The Morgan fingerprint density at radius 3 is 2.63 bits per heavy atom. The molecule has 1 aromatic carbocycles. The van der Waals surface area contributed by atoms with Crippen LogP contribution in [0.5, 0.6) is 0 Å². The zero-order chi connectivity index (χ0) is 19.8. The molecule has 27 heavy (non-hydrogen) atoms. The van der Waals surface area contributed by atoms with Gasteiger partial charge in [-0.15, -0.1) is 0 Å². The highest BCUT2D eigenvalue weighted by Gasteiger charge is 2.29. The van der Waals surface area contributed by atoms with Crippen LogP contribution in [0.15, 0.2) is 18.2 Å². The van der Waals surface area contributed by atoms with Crippen molar-refractivity contribution in [3.05, 3.63) is 46.0 Å². The molecular formula is C20H25ClN4O2. The van der Waals surface area contributed by atoms with Gasteiger partial charge >= 0.3 is 0 Å². The molecule has 0 radical (unpaired) electrons. The Hall–Kier alpha value is -2.34. The average Bonchev–Trinajstić information content (AvgIpc) is 2.96. The van der Waals surface area contributed by atoms with Crippen LogP contribution in [0.3, 0.4) is 0 Å². The first-order chi connectivity index (χ1) is 12.7. The van der Waals surface area contributed by atoms with E-state index in [0.717, 1.165) is 30.5 Å². The Kier molecular flexibility index (Phi) is 5.29. The summed E-state index contributed by atoms with van der Waals surface area (Å²) in [6.45, 7) is 8.34. The van der Waals surface area contributed by atoms with Crippen LogP contribution in [0.1, 0.15) is 66.0 Å². The van der Waals surface area contributed by atoms with Crippen LogP contribution < -0.4 is 10.6 Å². The van der Waals surface area contributed by atoms with Gasteiger partial charge in [0.2, 0.25) is 0 Å². The minimum absolute atomic E-state index is 0.244. The maximum absolute atomic E-state index is 12.9. The summed E-state index contributed by atoms with van der Waals surface area (Å²) in [7, 11) is 0. The Balaban J connectivity index is 1.94. The number of nitrogens with one attached hydrogen (secondary N) is 2. The van der Waals surface area contributed by atoms with E-state index in [9.17, 15) is 9.59 Å². The van der Waals surface area contributed by atoms with E-state index >= 15 is 0 Å². The molecule has 1 aromatic heterocycles. The van der Waals surface area contributed by atoms with Crippen molar-refractivity contribution in [1.29, 1.82) is 0 Å². The zero-order valence-corrected chi connectivity index (χ0v) is 16.9. The van der Waals surface area contributed by atoms with Gasteiger partial charge < -0.3 is 15.2 Å². The first-order valence-corrected chi connectivity index (χ1v) is 9.53. The molecule has 2 heterocycles. The fourth-order valence-electron chi connectivity index (χ4n) is 3.21. The van der Waals surface area contributed by atoms with E-state index in [0.29, 0.717) is 22.9 Å². The molecule has 0 saturated carbocycles. The summed E-state index contributed by atoms with van der Waals surface area (Å²) >= 11 is 6.04. The second-order valence-corrected chi connectivity index (χ2v) is 8.39. The van der Waals surface area contributed by atoms with E-state index in [4.69, 9.17) is 11.6 Å². The first kappa shape index (κ1) is 19.4. The predicted octanol–water partition coefficient (Wildman–Crippen LogP) is 3.96. The highest BCUT2D eigenvalue weighted by Crippen LogP contribution is 2.24. The van der Waals surface area contributed by atoms with E-state index < -0.39 is 0 Å². The van der Waals surface area contributed by atoms with Gasteiger partial charge in [-0.25, -0.2) is 4.98 Å². The molecule has 0 atom stereocenters. The number of imidazole rings is 1. The lowest BCUT2D eigenvalue weighted by Gasteiger charge is -2.21. The lowest BCUT2D eigenvalue weighted by Crippen LogP contribution is -2.41. The van der Waals surface area contributed by atoms with Gasteiger partial charge in [-0.1, -0.05) is 17.7 Å². The number of amides is 2. The van der Waals surface area contributed by atoms with Gasteiger partial charge in [-0.3, -0.25) is 9.59 Å². The monoisotopic (exact) mass is 388 g/mol. The molecule has 2 N–H and O–H groups in total. The van der Waals surface area contributed by atoms with Gasteiger partial charge in [0.1, 0.15) is 5.69 Å². The molecular weight excluding hydrogens is 364 g/mol. The maximum Gasteiger partial charge on any atom is 0.291 e. The standard InChI is InChI=1S/C20H25ClN4O2/c1-12-8-9-13(21)11-14(12)22-19(27)17-23-16(18(26)24-20(2,3)4)15-7-5-6-10-25(15)17/h8-9,11H,5-7,10H2,1-4H3,(H,22,27)(H,24,26). The Morgan fingerprint density at radius 2 is 1.93 bits per heavy atom. The van der Waals surface area contributed by atoms with Crippen LogP contribution in [0.25, 0.3) is 0 Å². The van der Waals surface area contributed by atoms with E-state index in [2.05, 4.69) is 15.6 Å². The number of carbonyl (C=O) groups excluding carboxylic acids is 2. The third-order valence-electron chi connectivity index (χ3n) is 4.47. The molecule has 0 saturated heterocycles. The second kappa shape index (κ2) is 7.35. The molecule has 3 rings (SSSR count). The number of aryl methyl sites for hydroxylation is 1. The van der Waals surface area contributed by atoms with Crippen molar-refractivity contribution in [3.8, 4) is 0 Å². The van der Waals surface area contributed by atoms with Crippen molar-refractivity contribution < 1.29 is 9.59 Å². The van der Waals surface area contributed by atoms with Gasteiger partial charge in [0.25, 0.3) is 11.8 Å².